The quantitative estimate of drug-likeness (QED) is 0.264. The number of ether oxygens (including phenoxy) is 1. The molecule has 1 N–H and O–H groups in total. The number of sulfonamides is 1. The molecule has 1 atom stereocenters. The highest BCUT2D eigenvalue weighted by molar-refractivity contribution is 7.92. The molecular weight excluding hydrogens is 574 g/mol. The van der Waals surface area contributed by atoms with Gasteiger partial charge in [-0.2, -0.15) is 0 Å². The van der Waals surface area contributed by atoms with Crippen LogP contribution in [0.5, 0.6) is 5.75 Å². The number of benzene rings is 3. The lowest BCUT2D eigenvalue weighted by Gasteiger charge is -2.33. The van der Waals surface area contributed by atoms with Crippen molar-refractivity contribution in [3.8, 4) is 5.75 Å². The van der Waals surface area contributed by atoms with Gasteiger partial charge in [-0.25, -0.2) is 8.42 Å². The SMILES string of the molecule is CCOc1ccc(N(CC(=O)N(Cc2ccccc2)C(CC)C(=O)NC2CCCC2)S(=O)(=O)c2ccc(Cl)cc2)cc1. The van der Waals surface area contributed by atoms with Crippen molar-refractivity contribution in [2.75, 3.05) is 17.5 Å². The molecule has 1 saturated carbocycles. The normalized spacial score (nSPS) is 14.3. The van der Waals surface area contributed by atoms with Crippen LogP contribution < -0.4 is 14.4 Å². The predicted molar refractivity (Wildman–Crippen MR) is 165 cm³/mol. The van der Waals surface area contributed by atoms with Gasteiger partial charge in [0.25, 0.3) is 10.0 Å². The van der Waals surface area contributed by atoms with Crippen LogP contribution in [0, 0.1) is 0 Å². The van der Waals surface area contributed by atoms with E-state index in [0.717, 1.165) is 35.6 Å². The molecule has 0 spiro atoms. The van der Waals surface area contributed by atoms with Crippen molar-refractivity contribution in [3.05, 3.63) is 89.4 Å². The summed E-state index contributed by atoms with van der Waals surface area (Å²) in [5, 5.41) is 3.52. The summed E-state index contributed by atoms with van der Waals surface area (Å²) in [7, 11) is -4.18. The standard InChI is InChI=1S/C32H38ClN3O5S/c1-3-30(32(38)34-26-12-8-9-13-26)35(22-24-10-6-5-7-11-24)31(37)23-36(27-16-18-28(19-17-27)41-4-2)42(39,40)29-20-14-25(33)15-21-29/h5-7,10-11,14-21,26,30H,3-4,8-9,12-13,22-23H2,1-2H3,(H,34,38). The summed E-state index contributed by atoms with van der Waals surface area (Å²) in [5.41, 5.74) is 1.14. The smallest absolute Gasteiger partial charge is 0.264 e. The van der Waals surface area contributed by atoms with Crippen LogP contribution in [0.4, 0.5) is 5.69 Å². The lowest BCUT2D eigenvalue weighted by atomic mass is 10.1. The molecule has 1 unspecified atom stereocenters. The molecule has 0 saturated heterocycles. The lowest BCUT2D eigenvalue weighted by Crippen LogP contribution is -2.53. The van der Waals surface area contributed by atoms with E-state index in [-0.39, 0.29) is 23.4 Å². The third-order valence-corrected chi connectivity index (χ3v) is 9.44. The van der Waals surface area contributed by atoms with Gasteiger partial charge >= 0.3 is 0 Å². The molecule has 0 aromatic heterocycles. The van der Waals surface area contributed by atoms with E-state index < -0.39 is 28.5 Å². The van der Waals surface area contributed by atoms with E-state index in [1.54, 1.807) is 24.3 Å². The van der Waals surface area contributed by atoms with Gasteiger partial charge in [0.15, 0.2) is 0 Å². The molecule has 0 bridgehead atoms. The largest absolute Gasteiger partial charge is 0.494 e. The van der Waals surface area contributed by atoms with Gasteiger partial charge in [0.05, 0.1) is 17.2 Å². The molecule has 4 rings (SSSR count). The zero-order valence-electron chi connectivity index (χ0n) is 24.0. The molecule has 10 heteroatoms. The molecule has 0 aliphatic heterocycles. The van der Waals surface area contributed by atoms with Crippen molar-refractivity contribution in [2.24, 2.45) is 0 Å². The Hall–Kier alpha value is -3.56. The molecular formula is C32H38ClN3O5S. The van der Waals surface area contributed by atoms with Crippen molar-refractivity contribution in [2.45, 2.75) is 69.5 Å². The van der Waals surface area contributed by atoms with E-state index in [1.807, 2.05) is 44.2 Å². The summed E-state index contributed by atoms with van der Waals surface area (Å²) in [4.78, 5) is 29.2. The van der Waals surface area contributed by atoms with E-state index in [9.17, 15) is 18.0 Å². The Labute approximate surface area is 253 Å². The molecule has 8 nitrogen and oxygen atoms in total. The lowest BCUT2D eigenvalue weighted by molar-refractivity contribution is -0.140. The average molecular weight is 612 g/mol. The Morgan fingerprint density at radius 3 is 2.19 bits per heavy atom. The van der Waals surface area contributed by atoms with Crippen molar-refractivity contribution in [3.63, 3.8) is 0 Å². The Kier molecular flexibility index (Phi) is 10.9. The Morgan fingerprint density at radius 1 is 0.952 bits per heavy atom. The molecule has 3 aromatic carbocycles. The first-order valence-electron chi connectivity index (χ1n) is 14.4. The van der Waals surface area contributed by atoms with Crippen molar-refractivity contribution >= 4 is 39.1 Å². The summed E-state index contributed by atoms with van der Waals surface area (Å²) in [5.74, 6) is -0.127. The first kappa shape index (κ1) is 31.4. The maximum Gasteiger partial charge on any atom is 0.264 e. The van der Waals surface area contributed by atoms with Crippen LogP contribution in [0.2, 0.25) is 5.02 Å². The zero-order chi connectivity index (χ0) is 30.1. The Bertz CT molecular complexity index is 1430. The van der Waals surface area contributed by atoms with Gasteiger partial charge in [0.1, 0.15) is 18.3 Å². The maximum absolute atomic E-state index is 14.2. The second kappa shape index (κ2) is 14.6. The molecule has 3 aromatic rings. The first-order valence-corrected chi connectivity index (χ1v) is 16.2. The van der Waals surface area contributed by atoms with E-state index in [1.165, 1.54) is 29.2 Å². The topological polar surface area (TPSA) is 96.0 Å². The minimum atomic E-state index is -4.18. The van der Waals surface area contributed by atoms with Crippen LogP contribution in [0.1, 0.15) is 51.5 Å². The van der Waals surface area contributed by atoms with Crippen molar-refractivity contribution in [1.29, 1.82) is 0 Å². The average Bonchev–Trinajstić information content (AvgIpc) is 3.50. The number of carbonyl (C=O) groups excluding carboxylic acids is 2. The highest BCUT2D eigenvalue weighted by Gasteiger charge is 2.34. The number of hydrogen-bond donors (Lipinski definition) is 1. The van der Waals surface area contributed by atoms with Crippen LogP contribution in [-0.4, -0.2) is 50.4 Å². The monoisotopic (exact) mass is 611 g/mol. The maximum atomic E-state index is 14.2. The van der Waals surface area contributed by atoms with Gasteiger partial charge in [-0.15, -0.1) is 0 Å². The number of halogens is 1. The molecule has 42 heavy (non-hydrogen) atoms. The molecule has 1 aliphatic rings. The van der Waals surface area contributed by atoms with E-state index >= 15 is 0 Å². The number of carbonyl (C=O) groups is 2. The highest BCUT2D eigenvalue weighted by atomic mass is 35.5. The molecule has 2 amide bonds. The molecule has 1 aliphatic carbocycles. The van der Waals surface area contributed by atoms with Crippen LogP contribution in [0.15, 0.2) is 83.8 Å². The second-order valence-electron chi connectivity index (χ2n) is 10.3. The number of hydrogen-bond acceptors (Lipinski definition) is 5. The van der Waals surface area contributed by atoms with Gasteiger partial charge in [0.2, 0.25) is 11.8 Å². The molecule has 224 valence electrons. The fourth-order valence-corrected chi connectivity index (χ4v) is 6.75. The predicted octanol–water partition coefficient (Wildman–Crippen LogP) is 5.80. The molecule has 0 heterocycles. The zero-order valence-corrected chi connectivity index (χ0v) is 25.6. The summed E-state index contributed by atoms with van der Waals surface area (Å²) >= 11 is 6.03. The van der Waals surface area contributed by atoms with E-state index in [0.29, 0.717) is 29.5 Å². The fourth-order valence-electron chi connectivity index (χ4n) is 5.20. The van der Waals surface area contributed by atoms with Crippen LogP contribution >= 0.6 is 11.6 Å². The van der Waals surface area contributed by atoms with Gasteiger partial charge in [-0.1, -0.05) is 61.7 Å². The van der Waals surface area contributed by atoms with Gasteiger partial charge < -0.3 is 15.0 Å². The number of nitrogens with zero attached hydrogens (tertiary/aromatic N) is 2. The van der Waals surface area contributed by atoms with Crippen LogP contribution in [0.25, 0.3) is 0 Å². The third kappa shape index (κ3) is 7.83. The number of nitrogens with one attached hydrogen (secondary N) is 1. The summed E-state index contributed by atoms with van der Waals surface area (Å²) in [6, 6.07) is 21.1. The second-order valence-corrected chi connectivity index (χ2v) is 12.6. The minimum Gasteiger partial charge on any atom is -0.494 e. The fraction of sp³-hybridized carbons (Fsp3) is 0.375. The van der Waals surface area contributed by atoms with Gasteiger partial charge in [-0.3, -0.25) is 13.9 Å². The van der Waals surface area contributed by atoms with Gasteiger partial charge in [0, 0.05) is 17.6 Å². The van der Waals surface area contributed by atoms with Crippen molar-refractivity contribution in [1.82, 2.24) is 10.2 Å². The third-order valence-electron chi connectivity index (χ3n) is 7.40. The van der Waals surface area contributed by atoms with E-state index in [4.69, 9.17) is 16.3 Å². The molecule has 1 fully saturated rings. The van der Waals surface area contributed by atoms with Gasteiger partial charge in [-0.05, 0) is 80.3 Å². The first-order chi connectivity index (χ1) is 20.2. The minimum absolute atomic E-state index is 0.00536. The molecule has 0 radical (unpaired) electrons. The highest BCUT2D eigenvalue weighted by Crippen LogP contribution is 2.28. The Morgan fingerprint density at radius 2 is 1.60 bits per heavy atom. The number of rotatable bonds is 13. The Balaban J connectivity index is 1.70. The number of anilines is 1. The summed E-state index contributed by atoms with van der Waals surface area (Å²) in [6.45, 7) is 3.84. The van der Waals surface area contributed by atoms with Crippen LogP contribution in [-0.2, 0) is 26.2 Å². The van der Waals surface area contributed by atoms with E-state index in [2.05, 4.69) is 5.32 Å². The summed E-state index contributed by atoms with van der Waals surface area (Å²) < 4.78 is 34.6. The van der Waals surface area contributed by atoms with Crippen LogP contribution in [0.3, 0.4) is 0 Å². The van der Waals surface area contributed by atoms with Crippen molar-refractivity contribution < 1.29 is 22.7 Å². The number of amides is 2. The summed E-state index contributed by atoms with van der Waals surface area (Å²) in [6.07, 6.45) is 4.34.